The number of nitriles is 1. The molecular formula is C19H18F2N4. The van der Waals surface area contributed by atoms with E-state index in [1.54, 1.807) is 6.07 Å². The maximum absolute atomic E-state index is 13.9. The number of piperidine rings is 1. The molecule has 2 heterocycles. The van der Waals surface area contributed by atoms with Gasteiger partial charge in [0.15, 0.2) is 0 Å². The predicted molar refractivity (Wildman–Crippen MR) is 93.2 cm³/mol. The Morgan fingerprint density at radius 1 is 1.28 bits per heavy atom. The zero-order valence-corrected chi connectivity index (χ0v) is 13.8. The summed E-state index contributed by atoms with van der Waals surface area (Å²) in [4.78, 5) is 2.17. The van der Waals surface area contributed by atoms with Gasteiger partial charge in [-0.05, 0) is 42.8 Å². The molecule has 2 aromatic carbocycles. The van der Waals surface area contributed by atoms with Crippen LogP contribution < -0.4 is 15.5 Å². The van der Waals surface area contributed by atoms with Crippen molar-refractivity contribution in [1.82, 2.24) is 5.32 Å². The molecule has 128 valence electrons. The van der Waals surface area contributed by atoms with E-state index in [4.69, 9.17) is 0 Å². The number of anilines is 3. The molecule has 4 nitrogen and oxygen atoms in total. The Labute approximate surface area is 145 Å². The zero-order valence-electron chi connectivity index (χ0n) is 13.8. The molecule has 4 rings (SSSR count). The first-order valence-corrected chi connectivity index (χ1v) is 8.32. The molecule has 0 aliphatic carbocycles. The van der Waals surface area contributed by atoms with Crippen molar-refractivity contribution in [1.29, 1.82) is 5.26 Å². The number of halogens is 2. The quantitative estimate of drug-likeness (QED) is 0.879. The zero-order chi connectivity index (χ0) is 17.6. The fraction of sp³-hybridized carbons (Fsp3) is 0.316. The Balaban J connectivity index is 1.79. The molecule has 1 saturated heterocycles. The van der Waals surface area contributed by atoms with Gasteiger partial charge in [0.05, 0.1) is 11.3 Å². The number of likely N-dealkylation sites (N-methyl/N-ethyl adjacent to an activating group) is 1. The number of hydrogen-bond acceptors (Lipinski definition) is 4. The standard InChI is InChI=1S/C19H18F2N4/c1-25-17-5-6-23-10-14(17)13-8-12(7-11(9-22)19(13)25)24-18-15(20)3-2-4-16(18)21/h2-4,7-8,14,17,23-24H,5-6,10H2,1H3. The minimum atomic E-state index is -0.659. The van der Waals surface area contributed by atoms with Crippen LogP contribution in [0.15, 0.2) is 30.3 Å². The summed E-state index contributed by atoms with van der Waals surface area (Å²) in [6, 6.07) is 9.90. The van der Waals surface area contributed by atoms with Gasteiger partial charge in [-0.1, -0.05) is 6.07 Å². The molecule has 2 aliphatic heterocycles. The monoisotopic (exact) mass is 340 g/mol. The lowest BCUT2D eigenvalue weighted by Gasteiger charge is -2.31. The van der Waals surface area contributed by atoms with Gasteiger partial charge in [0.2, 0.25) is 0 Å². The molecule has 0 bridgehead atoms. The van der Waals surface area contributed by atoms with Crippen LogP contribution in [0.4, 0.5) is 25.8 Å². The average molecular weight is 340 g/mol. The Morgan fingerprint density at radius 2 is 2.04 bits per heavy atom. The molecule has 25 heavy (non-hydrogen) atoms. The third kappa shape index (κ3) is 2.52. The molecule has 0 spiro atoms. The van der Waals surface area contributed by atoms with Crippen molar-refractivity contribution in [2.24, 2.45) is 0 Å². The number of benzene rings is 2. The van der Waals surface area contributed by atoms with Crippen molar-refractivity contribution in [3.8, 4) is 6.07 Å². The van der Waals surface area contributed by atoms with E-state index in [2.05, 4.69) is 21.6 Å². The van der Waals surface area contributed by atoms with Gasteiger partial charge in [0.25, 0.3) is 0 Å². The molecule has 2 unspecified atom stereocenters. The van der Waals surface area contributed by atoms with Crippen LogP contribution in [0.1, 0.15) is 23.5 Å². The number of nitrogens with zero attached hydrogens (tertiary/aromatic N) is 2. The minimum absolute atomic E-state index is 0.198. The first-order valence-electron chi connectivity index (χ1n) is 8.32. The van der Waals surface area contributed by atoms with Gasteiger partial charge >= 0.3 is 0 Å². The van der Waals surface area contributed by atoms with E-state index in [1.165, 1.54) is 18.2 Å². The van der Waals surface area contributed by atoms with Crippen LogP contribution in [0.3, 0.4) is 0 Å². The predicted octanol–water partition coefficient (Wildman–Crippen LogP) is 3.48. The van der Waals surface area contributed by atoms with Crippen LogP contribution in [0, 0.1) is 23.0 Å². The van der Waals surface area contributed by atoms with Crippen molar-refractivity contribution in [3.63, 3.8) is 0 Å². The molecule has 0 aromatic heterocycles. The van der Waals surface area contributed by atoms with E-state index >= 15 is 0 Å². The lowest BCUT2D eigenvalue weighted by Crippen LogP contribution is -2.42. The van der Waals surface area contributed by atoms with Crippen molar-refractivity contribution < 1.29 is 8.78 Å². The van der Waals surface area contributed by atoms with E-state index in [0.29, 0.717) is 17.3 Å². The van der Waals surface area contributed by atoms with Crippen LogP contribution in [0.2, 0.25) is 0 Å². The van der Waals surface area contributed by atoms with E-state index in [1.807, 2.05) is 13.1 Å². The molecule has 2 atom stereocenters. The van der Waals surface area contributed by atoms with Crippen molar-refractivity contribution in [2.45, 2.75) is 18.4 Å². The Hall–Kier alpha value is -2.65. The van der Waals surface area contributed by atoms with Gasteiger partial charge in [0.1, 0.15) is 23.4 Å². The van der Waals surface area contributed by atoms with E-state index in [9.17, 15) is 14.0 Å². The molecular weight excluding hydrogens is 322 g/mol. The van der Waals surface area contributed by atoms with Crippen LogP contribution in [0.5, 0.6) is 0 Å². The molecule has 0 radical (unpaired) electrons. The highest BCUT2D eigenvalue weighted by Crippen LogP contribution is 2.45. The Bertz CT molecular complexity index is 854. The summed E-state index contributed by atoms with van der Waals surface area (Å²) in [5.41, 5.74) is 2.84. The van der Waals surface area contributed by atoms with Gasteiger partial charge in [-0.3, -0.25) is 0 Å². The van der Waals surface area contributed by atoms with Gasteiger partial charge in [0, 0.05) is 31.2 Å². The number of para-hydroxylation sites is 1. The Kier molecular flexibility index (Phi) is 3.81. The highest BCUT2D eigenvalue weighted by molar-refractivity contribution is 5.76. The fourth-order valence-corrected chi connectivity index (χ4v) is 4.04. The van der Waals surface area contributed by atoms with Gasteiger partial charge in [-0.2, -0.15) is 5.26 Å². The van der Waals surface area contributed by atoms with Crippen LogP contribution in [0.25, 0.3) is 0 Å². The fourth-order valence-electron chi connectivity index (χ4n) is 4.04. The van der Waals surface area contributed by atoms with E-state index in [-0.39, 0.29) is 11.6 Å². The van der Waals surface area contributed by atoms with E-state index in [0.717, 1.165) is 30.8 Å². The molecule has 2 N–H and O–H groups in total. The second-order valence-electron chi connectivity index (χ2n) is 6.57. The summed E-state index contributed by atoms with van der Waals surface area (Å²) < 4.78 is 27.9. The molecule has 2 aliphatic rings. The van der Waals surface area contributed by atoms with Crippen LogP contribution >= 0.6 is 0 Å². The van der Waals surface area contributed by atoms with Gasteiger partial charge in [-0.25, -0.2) is 8.78 Å². The smallest absolute Gasteiger partial charge is 0.149 e. The topological polar surface area (TPSA) is 51.1 Å². The summed E-state index contributed by atoms with van der Waals surface area (Å²) in [5.74, 6) is -1.05. The lowest BCUT2D eigenvalue weighted by molar-refractivity contribution is 0.413. The van der Waals surface area contributed by atoms with Crippen molar-refractivity contribution >= 4 is 17.1 Å². The van der Waals surface area contributed by atoms with Crippen LogP contribution in [-0.4, -0.2) is 26.2 Å². The Morgan fingerprint density at radius 3 is 2.76 bits per heavy atom. The maximum Gasteiger partial charge on any atom is 0.149 e. The third-order valence-electron chi connectivity index (χ3n) is 5.19. The number of nitrogens with one attached hydrogen (secondary N) is 2. The second-order valence-corrected chi connectivity index (χ2v) is 6.57. The van der Waals surface area contributed by atoms with Crippen molar-refractivity contribution in [3.05, 3.63) is 53.1 Å². The average Bonchev–Trinajstić information content (AvgIpc) is 2.91. The largest absolute Gasteiger partial charge is 0.370 e. The second kappa shape index (κ2) is 6.01. The number of hydrogen-bond donors (Lipinski definition) is 2. The lowest BCUT2D eigenvalue weighted by atomic mass is 9.89. The van der Waals surface area contributed by atoms with Crippen molar-refractivity contribution in [2.75, 3.05) is 30.4 Å². The molecule has 1 fully saturated rings. The minimum Gasteiger partial charge on any atom is -0.370 e. The van der Waals surface area contributed by atoms with Gasteiger partial charge < -0.3 is 15.5 Å². The highest BCUT2D eigenvalue weighted by atomic mass is 19.1. The summed E-state index contributed by atoms with van der Waals surface area (Å²) in [6.45, 7) is 1.79. The molecule has 0 saturated carbocycles. The molecule has 0 amide bonds. The molecule has 6 heteroatoms. The molecule has 2 aromatic rings. The van der Waals surface area contributed by atoms with Crippen LogP contribution in [-0.2, 0) is 0 Å². The third-order valence-corrected chi connectivity index (χ3v) is 5.19. The summed E-state index contributed by atoms with van der Waals surface area (Å²) in [5, 5.41) is 15.8. The first-order chi connectivity index (χ1) is 12.1. The van der Waals surface area contributed by atoms with Gasteiger partial charge in [-0.15, -0.1) is 0 Å². The summed E-state index contributed by atoms with van der Waals surface area (Å²) >= 11 is 0. The number of fused-ring (bicyclic) bond motifs is 3. The summed E-state index contributed by atoms with van der Waals surface area (Å²) in [6.07, 6.45) is 1.01. The first kappa shape index (κ1) is 15.9. The normalized spacial score (nSPS) is 21.4. The number of rotatable bonds is 2. The SMILES string of the molecule is CN1c2c(C#N)cc(Nc3c(F)cccc3F)cc2C2CNCCC21. The van der Waals surface area contributed by atoms with E-state index < -0.39 is 11.6 Å². The maximum atomic E-state index is 13.9. The summed E-state index contributed by atoms with van der Waals surface area (Å²) in [7, 11) is 2.01. The highest BCUT2D eigenvalue weighted by Gasteiger charge is 2.39.